The van der Waals surface area contributed by atoms with E-state index in [0.717, 1.165) is 43.7 Å². The van der Waals surface area contributed by atoms with Crippen LogP contribution in [0, 0.1) is 0 Å². The second-order valence-electron chi connectivity index (χ2n) is 11.3. The van der Waals surface area contributed by atoms with Gasteiger partial charge in [0.1, 0.15) is 16.1 Å². The van der Waals surface area contributed by atoms with E-state index >= 15 is 0 Å². The SMILES string of the molecule is CC(C)(C)OC(=O)N1C2CCCC1CN(c1nc3c(OC(F)(F)C(C)(C)O)ccc(-c4nccs4)c3s1)C2. The molecule has 206 valence electrons. The number of rotatable bonds is 5. The van der Waals surface area contributed by atoms with Crippen molar-refractivity contribution < 1.29 is 28.2 Å². The number of ether oxygens (including phenoxy) is 2. The van der Waals surface area contributed by atoms with Crippen LogP contribution in [0.5, 0.6) is 5.75 Å². The molecule has 2 saturated heterocycles. The van der Waals surface area contributed by atoms with Gasteiger partial charge in [-0.3, -0.25) is 4.90 Å². The van der Waals surface area contributed by atoms with E-state index in [1.165, 1.54) is 28.7 Å². The summed E-state index contributed by atoms with van der Waals surface area (Å²) in [5.41, 5.74) is -1.89. The summed E-state index contributed by atoms with van der Waals surface area (Å²) in [6, 6.07) is 3.10. The molecule has 1 aromatic carbocycles. The minimum atomic E-state index is -3.83. The van der Waals surface area contributed by atoms with E-state index in [1.54, 1.807) is 12.3 Å². The van der Waals surface area contributed by atoms with Gasteiger partial charge in [-0.05, 0) is 66.0 Å². The Kier molecular flexibility index (Phi) is 6.80. The van der Waals surface area contributed by atoms with Crippen molar-refractivity contribution in [1.82, 2.24) is 14.9 Å². The molecule has 12 heteroatoms. The molecule has 0 radical (unpaired) electrons. The van der Waals surface area contributed by atoms with E-state index in [1.807, 2.05) is 31.1 Å². The average molecular weight is 567 g/mol. The van der Waals surface area contributed by atoms with Gasteiger partial charge in [0, 0.05) is 30.2 Å². The minimum Gasteiger partial charge on any atom is -0.444 e. The van der Waals surface area contributed by atoms with Gasteiger partial charge in [-0.2, -0.15) is 8.78 Å². The van der Waals surface area contributed by atoms with Crippen LogP contribution in [-0.2, 0) is 4.74 Å². The lowest BCUT2D eigenvalue weighted by Crippen LogP contribution is -2.63. The molecule has 2 unspecified atom stereocenters. The van der Waals surface area contributed by atoms with Crippen LogP contribution in [0.1, 0.15) is 53.9 Å². The minimum absolute atomic E-state index is 0.0296. The summed E-state index contributed by atoms with van der Waals surface area (Å²) in [5, 5.41) is 13.2. The van der Waals surface area contributed by atoms with E-state index in [-0.39, 0.29) is 23.9 Å². The molecule has 2 bridgehead atoms. The van der Waals surface area contributed by atoms with Crippen LogP contribution >= 0.6 is 22.7 Å². The Hall–Kier alpha value is -2.57. The number of amides is 1. The van der Waals surface area contributed by atoms with Crippen molar-refractivity contribution in [3.8, 4) is 16.3 Å². The zero-order chi connectivity index (χ0) is 27.5. The normalized spacial score (nSPS) is 20.6. The van der Waals surface area contributed by atoms with Crippen molar-refractivity contribution in [2.45, 2.75) is 83.3 Å². The predicted molar refractivity (Wildman–Crippen MR) is 144 cm³/mol. The number of piperazine rings is 1. The predicted octanol–water partition coefficient (Wildman–Crippen LogP) is 6.14. The fourth-order valence-electron chi connectivity index (χ4n) is 4.85. The summed E-state index contributed by atoms with van der Waals surface area (Å²) in [4.78, 5) is 26.2. The zero-order valence-corrected chi connectivity index (χ0v) is 23.7. The van der Waals surface area contributed by atoms with Crippen LogP contribution in [0.3, 0.4) is 0 Å². The fraction of sp³-hybridized carbons (Fsp3) is 0.577. The van der Waals surface area contributed by atoms with Crippen LogP contribution < -0.4 is 9.64 Å². The summed E-state index contributed by atoms with van der Waals surface area (Å²) in [5.74, 6) is -0.109. The quantitative estimate of drug-likeness (QED) is 0.397. The van der Waals surface area contributed by atoms with E-state index in [2.05, 4.69) is 9.88 Å². The number of hydrogen-bond donors (Lipinski definition) is 1. The van der Waals surface area contributed by atoms with Crippen molar-refractivity contribution >= 4 is 44.1 Å². The van der Waals surface area contributed by atoms with Gasteiger partial charge in [-0.25, -0.2) is 14.8 Å². The largest absolute Gasteiger partial charge is 0.444 e. The van der Waals surface area contributed by atoms with Crippen LogP contribution in [0.2, 0.25) is 0 Å². The topological polar surface area (TPSA) is 88.0 Å². The Labute approximate surface area is 228 Å². The molecule has 0 spiro atoms. The highest BCUT2D eigenvalue weighted by Gasteiger charge is 2.49. The van der Waals surface area contributed by atoms with Gasteiger partial charge in [-0.15, -0.1) is 11.3 Å². The lowest BCUT2D eigenvalue weighted by molar-refractivity contribution is -0.275. The first kappa shape index (κ1) is 27.0. The number of nitrogens with zero attached hydrogens (tertiary/aromatic N) is 4. The van der Waals surface area contributed by atoms with E-state index in [4.69, 9.17) is 14.5 Å². The Morgan fingerprint density at radius 2 is 1.82 bits per heavy atom. The number of alkyl halides is 2. The highest BCUT2D eigenvalue weighted by Crippen LogP contribution is 2.44. The van der Waals surface area contributed by atoms with E-state index in [0.29, 0.717) is 28.4 Å². The highest BCUT2D eigenvalue weighted by atomic mass is 32.1. The van der Waals surface area contributed by atoms with E-state index in [9.17, 15) is 18.7 Å². The molecule has 2 atom stereocenters. The maximum absolute atomic E-state index is 14.7. The molecule has 8 nitrogen and oxygen atoms in total. The van der Waals surface area contributed by atoms with Gasteiger partial charge in [0.05, 0.1) is 16.8 Å². The third-order valence-corrected chi connectivity index (χ3v) is 8.66. The number of aromatic nitrogens is 2. The molecular weight excluding hydrogens is 534 g/mol. The molecule has 38 heavy (non-hydrogen) atoms. The maximum Gasteiger partial charge on any atom is 0.426 e. The number of piperidine rings is 1. The number of carbonyl (C=O) groups is 1. The average Bonchev–Trinajstić information content (AvgIpc) is 3.47. The molecule has 3 aromatic rings. The molecule has 2 fully saturated rings. The number of hydrogen-bond acceptors (Lipinski definition) is 9. The lowest BCUT2D eigenvalue weighted by Gasteiger charge is -2.49. The van der Waals surface area contributed by atoms with Crippen LogP contribution in [0.25, 0.3) is 20.8 Å². The number of carbonyl (C=O) groups excluding carboxylic acids is 1. The molecular formula is C26H32F2N4O4S2. The Balaban J connectivity index is 1.50. The Bertz CT molecular complexity index is 1300. The first-order valence-corrected chi connectivity index (χ1v) is 14.3. The van der Waals surface area contributed by atoms with Crippen LogP contribution in [0.4, 0.5) is 18.7 Å². The van der Waals surface area contributed by atoms with Gasteiger partial charge >= 0.3 is 12.2 Å². The van der Waals surface area contributed by atoms with Gasteiger partial charge in [0.25, 0.3) is 0 Å². The molecule has 5 rings (SSSR count). The second-order valence-corrected chi connectivity index (χ2v) is 13.2. The number of anilines is 1. The Morgan fingerprint density at radius 1 is 1.13 bits per heavy atom. The first-order valence-electron chi connectivity index (χ1n) is 12.6. The molecule has 2 aliphatic heterocycles. The smallest absolute Gasteiger partial charge is 0.426 e. The molecule has 1 N–H and O–H groups in total. The number of thiazole rings is 2. The molecule has 0 saturated carbocycles. The molecule has 1 amide bonds. The zero-order valence-electron chi connectivity index (χ0n) is 22.0. The number of halogens is 2. The van der Waals surface area contributed by atoms with Crippen molar-refractivity contribution in [3.63, 3.8) is 0 Å². The molecule has 4 heterocycles. The van der Waals surface area contributed by atoms with Crippen molar-refractivity contribution in [2.24, 2.45) is 0 Å². The number of aliphatic hydroxyl groups is 1. The maximum atomic E-state index is 14.7. The molecule has 2 aromatic heterocycles. The van der Waals surface area contributed by atoms with Crippen LogP contribution in [-0.4, -0.2) is 68.6 Å². The standard InChI is InChI=1S/C26H32F2N4O4S2/c1-24(2,3)36-23(33)32-15-7-6-8-16(32)14-31(13-15)22-30-19-18(35-26(27,28)25(4,5)34)10-9-17(20(19)38-22)21-29-11-12-37-21/h9-12,15-16,34H,6-8,13-14H2,1-5H3. The summed E-state index contributed by atoms with van der Waals surface area (Å²) < 4.78 is 40.9. The van der Waals surface area contributed by atoms with Gasteiger partial charge in [-0.1, -0.05) is 11.3 Å². The third-order valence-electron chi connectivity index (χ3n) is 6.71. The van der Waals surface area contributed by atoms with Crippen molar-refractivity contribution in [1.29, 1.82) is 0 Å². The summed E-state index contributed by atoms with van der Waals surface area (Å²) in [6.45, 7) is 8.72. The van der Waals surface area contributed by atoms with Gasteiger partial charge in [0.15, 0.2) is 16.5 Å². The van der Waals surface area contributed by atoms with Gasteiger partial charge in [0.2, 0.25) is 0 Å². The Morgan fingerprint density at radius 3 is 2.39 bits per heavy atom. The van der Waals surface area contributed by atoms with Gasteiger partial charge < -0.3 is 19.5 Å². The number of benzene rings is 1. The monoisotopic (exact) mass is 566 g/mol. The summed E-state index contributed by atoms with van der Waals surface area (Å²) in [7, 11) is 0. The van der Waals surface area contributed by atoms with Crippen LogP contribution in [0.15, 0.2) is 23.7 Å². The summed E-state index contributed by atoms with van der Waals surface area (Å²) >= 11 is 2.84. The van der Waals surface area contributed by atoms with Crippen molar-refractivity contribution in [2.75, 3.05) is 18.0 Å². The molecule has 0 aliphatic carbocycles. The third kappa shape index (κ3) is 5.17. The fourth-order valence-corrected chi connectivity index (χ4v) is 6.70. The van der Waals surface area contributed by atoms with Crippen molar-refractivity contribution in [3.05, 3.63) is 23.7 Å². The first-order chi connectivity index (χ1) is 17.7. The summed E-state index contributed by atoms with van der Waals surface area (Å²) in [6.07, 6.45) is 0.300. The molecule has 2 aliphatic rings. The number of fused-ring (bicyclic) bond motifs is 3. The highest BCUT2D eigenvalue weighted by molar-refractivity contribution is 7.23. The lowest BCUT2D eigenvalue weighted by atomic mass is 9.92. The van der Waals surface area contributed by atoms with E-state index < -0.39 is 17.3 Å². The second kappa shape index (κ2) is 9.56.